The van der Waals surface area contributed by atoms with Gasteiger partial charge in [0.1, 0.15) is 30.5 Å². The van der Waals surface area contributed by atoms with Gasteiger partial charge in [0.05, 0.1) is 23.6 Å². The monoisotopic (exact) mass is 673 g/mol. The van der Waals surface area contributed by atoms with E-state index in [1.54, 1.807) is 24.3 Å². The molecule has 3 aromatic carbocycles. The van der Waals surface area contributed by atoms with Crippen molar-refractivity contribution in [3.63, 3.8) is 0 Å². The van der Waals surface area contributed by atoms with Crippen LogP contribution in [0.25, 0.3) is 11.6 Å². The van der Waals surface area contributed by atoms with Gasteiger partial charge in [0.15, 0.2) is 0 Å². The van der Waals surface area contributed by atoms with Gasteiger partial charge in [0.2, 0.25) is 11.8 Å². The molecule has 4 atom stereocenters. The number of allylic oxidation sites excluding steroid dienone is 1. The highest BCUT2D eigenvalue weighted by Crippen LogP contribution is 2.51. The highest BCUT2D eigenvalue weighted by Gasteiger charge is 2.57. The number of para-hydroxylation sites is 1. The molecule has 0 saturated carbocycles. The SMILES string of the molecule is O=C1[C@@H]2[C@@H](CC(COc3ccccc3)=C3[C@@H](CC/C(=C/c4ccc(CO)o4)c4ccccc4)OB(O)C[C@@H]32)C(=O)N1c1cccc(B(O)O)c1. The molecule has 3 aliphatic rings. The van der Waals surface area contributed by atoms with Crippen LogP contribution in [0.1, 0.15) is 36.3 Å². The number of fused-ring (bicyclic) bond motifs is 3. The van der Waals surface area contributed by atoms with Crippen molar-refractivity contribution < 1.29 is 43.6 Å². The van der Waals surface area contributed by atoms with Crippen molar-refractivity contribution in [3.8, 4) is 5.75 Å². The molecule has 1 aromatic heterocycles. The van der Waals surface area contributed by atoms with Gasteiger partial charge in [0.25, 0.3) is 0 Å². The Kier molecular flexibility index (Phi) is 9.89. The van der Waals surface area contributed by atoms with Gasteiger partial charge in [-0.2, -0.15) is 0 Å². The number of rotatable bonds is 11. The summed E-state index contributed by atoms with van der Waals surface area (Å²) in [7, 11) is -2.92. The summed E-state index contributed by atoms with van der Waals surface area (Å²) in [5.74, 6) is -0.925. The normalized spacial score (nSPS) is 22.1. The molecule has 3 heterocycles. The average molecular weight is 673 g/mol. The standard InChI is InChI=1S/C38H37B2NO9/c42-22-31-16-15-30(49-31)18-25(24-8-3-1-4-9-24)14-17-34-35-26(23-48-29-12-5-2-6-13-29)19-32-36(33(35)21-39(45)50-34)38(44)41(37(32)43)28-11-7-10-27(20-28)40(46)47/h1-13,15-16,18,20,32-34,36,42,45-47H,14,17,19,21-23H2/b25-18-/t32-,33+,34-,36-/m1/s1. The molecular weight excluding hydrogens is 636 g/mol. The van der Waals surface area contributed by atoms with E-state index in [1.807, 2.05) is 66.7 Å². The van der Waals surface area contributed by atoms with Crippen LogP contribution in [0.2, 0.25) is 6.32 Å². The van der Waals surface area contributed by atoms with E-state index in [2.05, 4.69) is 0 Å². The van der Waals surface area contributed by atoms with Crippen LogP contribution in [0.5, 0.6) is 5.75 Å². The summed E-state index contributed by atoms with van der Waals surface area (Å²) in [6.07, 6.45) is 2.78. The molecule has 0 spiro atoms. The van der Waals surface area contributed by atoms with E-state index < -0.39 is 38.1 Å². The van der Waals surface area contributed by atoms with Crippen LogP contribution in [0.15, 0.2) is 113 Å². The number of ether oxygens (including phenoxy) is 1. The van der Waals surface area contributed by atoms with Gasteiger partial charge in [-0.25, -0.2) is 0 Å². The molecule has 0 bridgehead atoms. The zero-order valence-electron chi connectivity index (χ0n) is 27.3. The van der Waals surface area contributed by atoms with E-state index in [-0.39, 0.29) is 48.9 Å². The molecule has 1 aliphatic carbocycles. The van der Waals surface area contributed by atoms with Crippen LogP contribution in [0.4, 0.5) is 5.69 Å². The maximum Gasteiger partial charge on any atom is 0.488 e. The second kappa shape index (κ2) is 14.6. The fourth-order valence-corrected chi connectivity index (χ4v) is 7.63. The van der Waals surface area contributed by atoms with Crippen molar-refractivity contribution in [2.24, 2.45) is 17.8 Å². The first-order valence-electron chi connectivity index (χ1n) is 16.8. The summed E-state index contributed by atoms with van der Waals surface area (Å²) in [5.41, 5.74) is 4.12. The topological polar surface area (TPSA) is 150 Å². The molecule has 7 rings (SSSR count). The van der Waals surface area contributed by atoms with Gasteiger partial charge in [-0.05, 0) is 102 Å². The molecule has 4 aromatic rings. The fraction of sp³-hybridized carbons (Fsp3) is 0.263. The largest absolute Gasteiger partial charge is 0.489 e. The van der Waals surface area contributed by atoms with Crippen molar-refractivity contribution in [1.29, 1.82) is 0 Å². The van der Waals surface area contributed by atoms with Crippen molar-refractivity contribution in [2.45, 2.75) is 38.3 Å². The number of benzene rings is 3. The number of aliphatic hydroxyl groups is 1. The third-order valence-electron chi connectivity index (χ3n) is 9.87. The fourth-order valence-electron chi connectivity index (χ4n) is 7.63. The third-order valence-corrected chi connectivity index (χ3v) is 9.87. The summed E-state index contributed by atoms with van der Waals surface area (Å²) in [4.78, 5) is 29.4. The number of anilines is 1. The van der Waals surface area contributed by atoms with Gasteiger partial charge in [-0.15, -0.1) is 0 Å². The van der Waals surface area contributed by atoms with Crippen LogP contribution >= 0.6 is 0 Å². The second-order valence-corrected chi connectivity index (χ2v) is 12.9. The van der Waals surface area contributed by atoms with E-state index in [0.29, 0.717) is 30.1 Å². The number of aliphatic hydroxyl groups excluding tert-OH is 1. The van der Waals surface area contributed by atoms with Gasteiger partial charge >= 0.3 is 14.2 Å². The van der Waals surface area contributed by atoms with Gasteiger partial charge in [-0.1, -0.05) is 60.7 Å². The first-order chi connectivity index (χ1) is 24.3. The van der Waals surface area contributed by atoms with Crippen molar-refractivity contribution in [1.82, 2.24) is 0 Å². The lowest BCUT2D eigenvalue weighted by atomic mass is 9.58. The summed E-state index contributed by atoms with van der Waals surface area (Å²) >= 11 is 0. The maximum atomic E-state index is 14.2. The number of furan rings is 1. The molecule has 2 amide bonds. The molecule has 0 radical (unpaired) electrons. The number of nitrogens with zero attached hydrogens (tertiary/aromatic N) is 1. The molecule has 50 heavy (non-hydrogen) atoms. The lowest BCUT2D eigenvalue weighted by Gasteiger charge is -2.43. The van der Waals surface area contributed by atoms with Gasteiger partial charge < -0.3 is 34.0 Å². The minimum absolute atomic E-state index is 0.141. The molecule has 10 nitrogen and oxygen atoms in total. The number of hydrogen-bond acceptors (Lipinski definition) is 9. The van der Waals surface area contributed by atoms with Crippen LogP contribution in [0, 0.1) is 17.8 Å². The summed E-state index contributed by atoms with van der Waals surface area (Å²) < 4.78 is 18.3. The van der Waals surface area contributed by atoms with Crippen molar-refractivity contribution in [2.75, 3.05) is 11.5 Å². The zero-order chi connectivity index (χ0) is 34.8. The van der Waals surface area contributed by atoms with Crippen LogP contribution in [0.3, 0.4) is 0 Å². The molecule has 0 unspecified atom stereocenters. The van der Waals surface area contributed by atoms with Gasteiger partial charge in [-0.3, -0.25) is 14.5 Å². The molecule has 254 valence electrons. The van der Waals surface area contributed by atoms with Crippen molar-refractivity contribution in [3.05, 3.63) is 125 Å². The van der Waals surface area contributed by atoms with E-state index in [0.717, 1.165) is 27.2 Å². The Hall–Kier alpha value is -4.71. The Morgan fingerprint density at radius 1 is 0.940 bits per heavy atom. The third kappa shape index (κ3) is 6.85. The Balaban J connectivity index is 1.24. The molecule has 2 fully saturated rings. The molecule has 12 heteroatoms. The Morgan fingerprint density at radius 2 is 1.70 bits per heavy atom. The minimum atomic E-state index is -1.76. The first kappa shape index (κ1) is 33.8. The minimum Gasteiger partial charge on any atom is -0.489 e. The van der Waals surface area contributed by atoms with Crippen molar-refractivity contribution >= 4 is 48.9 Å². The van der Waals surface area contributed by atoms with Crippen LogP contribution in [-0.4, -0.2) is 58.9 Å². The number of hydrogen-bond donors (Lipinski definition) is 4. The Bertz CT molecular complexity index is 1910. The predicted octanol–water partition coefficient (Wildman–Crippen LogP) is 3.85. The highest BCUT2D eigenvalue weighted by molar-refractivity contribution is 6.58. The van der Waals surface area contributed by atoms with E-state index >= 15 is 0 Å². The van der Waals surface area contributed by atoms with E-state index in [9.17, 15) is 29.8 Å². The van der Waals surface area contributed by atoms with Crippen LogP contribution in [-0.2, 0) is 20.9 Å². The summed E-state index contributed by atoms with van der Waals surface area (Å²) in [6, 6.07) is 28.9. The first-order valence-corrected chi connectivity index (χ1v) is 16.8. The number of carbonyl (C=O) groups excluding carboxylic acids is 2. The lowest BCUT2D eigenvalue weighted by molar-refractivity contribution is -0.122. The lowest BCUT2D eigenvalue weighted by Crippen LogP contribution is -2.46. The zero-order valence-corrected chi connectivity index (χ0v) is 27.3. The van der Waals surface area contributed by atoms with Gasteiger partial charge in [0, 0.05) is 0 Å². The molecular formula is C38H37B2NO9. The van der Waals surface area contributed by atoms with Crippen LogP contribution < -0.4 is 15.1 Å². The maximum absolute atomic E-state index is 14.2. The number of imide groups is 1. The van der Waals surface area contributed by atoms with E-state index in [4.69, 9.17) is 13.8 Å². The van der Waals surface area contributed by atoms with E-state index in [1.165, 1.54) is 12.1 Å². The molecule has 2 aliphatic heterocycles. The number of amides is 2. The highest BCUT2D eigenvalue weighted by atomic mass is 16.5. The Morgan fingerprint density at radius 3 is 2.42 bits per heavy atom. The second-order valence-electron chi connectivity index (χ2n) is 12.9. The smallest absolute Gasteiger partial charge is 0.488 e. The Labute approximate surface area is 290 Å². The summed E-state index contributed by atoms with van der Waals surface area (Å²) in [5, 5.41) is 40.2. The summed E-state index contributed by atoms with van der Waals surface area (Å²) in [6.45, 7) is -0.0261. The average Bonchev–Trinajstić information content (AvgIpc) is 3.70. The number of carbonyl (C=O) groups is 2. The molecule has 4 N–H and O–H groups in total. The molecule has 2 saturated heterocycles. The quantitative estimate of drug-likeness (QED) is 0.106. The predicted molar refractivity (Wildman–Crippen MR) is 189 cm³/mol.